The SMILES string of the molecule is COc1ccc2ncc(CN)c([C@@H](O)CCC3(CC(=O)O)CCN(CCNc4cc(F)cc(F)c4F)CC3)c2c1. The normalized spacial score (nSPS) is 16.1. The molecule has 2 heterocycles. The number of aromatic nitrogens is 1. The predicted octanol–water partition coefficient (Wildman–Crippen LogP) is 4.60. The van der Waals surface area contributed by atoms with E-state index in [1.165, 1.54) is 0 Å². The number of nitrogens with one attached hydrogen (secondary N) is 1. The summed E-state index contributed by atoms with van der Waals surface area (Å²) in [6.07, 6.45) is 2.82. The molecule has 1 aliphatic heterocycles. The molecule has 1 aliphatic rings. The Kier molecular flexibility index (Phi) is 9.49. The van der Waals surface area contributed by atoms with E-state index in [9.17, 15) is 28.2 Å². The fraction of sp³-hybridized carbons (Fsp3) is 0.448. The lowest BCUT2D eigenvalue weighted by Gasteiger charge is -2.41. The number of carbonyl (C=O) groups is 1. The van der Waals surface area contributed by atoms with Gasteiger partial charge in [-0.3, -0.25) is 9.78 Å². The number of hydrogen-bond donors (Lipinski definition) is 4. The van der Waals surface area contributed by atoms with Crippen molar-refractivity contribution in [2.24, 2.45) is 11.1 Å². The van der Waals surface area contributed by atoms with Crippen LogP contribution in [0.3, 0.4) is 0 Å². The highest BCUT2D eigenvalue weighted by Crippen LogP contribution is 2.42. The summed E-state index contributed by atoms with van der Waals surface area (Å²) in [4.78, 5) is 18.4. The van der Waals surface area contributed by atoms with Crippen LogP contribution < -0.4 is 15.8 Å². The Balaban J connectivity index is 1.41. The Morgan fingerprint density at radius 3 is 2.65 bits per heavy atom. The van der Waals surface area contributed by atoms with Gasteiger partial charge in [0.15, 0.2) is 11.6 Å². The first-order valence-electron chi connectivity index (χ1n) is 13.3. The van der Waals surface area contributed by atoms with Crippen molar-refractivity contribution >= 4 is 22.6 Å². The van der Waals surface area contributed by atoms with Gasteiger partial charge >= 0.3 is 5.97 Å². The third-order valence-corrected chi connectivity index (χ3v) is 7.88. The number of anilines is 1. The number of rotatable bonds is 12. The van der Waals surface area contributed by atoms with Gasteiger partial charge in [0.05, 0.1) is 30.8 Å². The number of methoxy groups -OCH3 is 1. The molecule has 0 saturated carbocycles. The van der Waals surface area contributed by atoms with Gasteiger partial charge in [0.1, 0.15) is 11.6 Å². The second-order valence-corrected chi connectivity index (χ2v) is 10.4. The number of nitrogens with two attached hydrogens (primary N) is 1. The minimum absolute atomic E-state index is 0.0196. The third-order valence-electron chi connectivity index (χ3n) is 7.88. The first kappa shape index (κ1) is 29.6. The minimum Gasteiger partial charge on any atom is -0.497 e. The number of carboxylic acids is 1. The molecular formula is C29H35F3N4O4. The van der Waals surface area contributed by atoms with Gasteiger partial charge in [-0.1, -0.05) is 0 Å². The van der Waals surface area contributed by atoms with E-state index in [0.717, 1.165) is 17.0 Å². The van der Waals surface area contributed by atoms with E-state index < -0.39 is 34.9 Å². The van der Waals surface area contributed by atoms with Crippen LogP contribution in [-0.2, 0) is 11.3 Å². The summed E-state index contributed by atoms with van der Waals surface area (Å²) >= 11 is 0. The van der Waals surface area contributed by atoms with Crippen LogP contribution in [0.15, 0.2) is 36.5 Å². The van der Waals surface area contributed by atoms with Crippen LogP contribution in [0.2, 0.25) is 0 Å². The van der Waals surface area contributed by atoms with Crippen LogP contribution >= 0.6 is 0 Å². The monoisotopic (exact) mass is 560 g/mol. The van der Waals surface area contributed by atoms with E-state index in [0.29, 0.717) is 68.2 Å². The van der Waals surface area contributed by atoms with Crippen molar-refractivity contribution < 1.29 is 32.9 Å². The molecule has 5 N–H and O–H groups in total. The van der Waals surface area contributed by atoms with Crippen molar-refractivity contribution in [1.29, 1.82) is 0 Å². The number of aliphatic carboxylic acids is 1. The molecular weight excluding hydrogens is 525 g/mol. The van der Waals surface area contributed by atoms with Gasteiger partial charge in [0.25, 0.3) is 0 Å². The molecule has 1 saturated heterocycles. The Labute approximate surface area is 231 Å². The first-order valence-corrected chi connectivity index (χ1v) is 13.3. The standard InChI is InChI=1S/C29H35F3N4O4/c1-40-20-2-3-23-21(14-20)27(18(16-33)17-35-23)25(37)4-5-29(15-26(38)39)6-9-36(10-7-29)11-8-34-24-13-19(30)12-22(31)28(24)32/h2-3,12-14,17,25,34,37H,4-11,15-16,33H2,1H3,(H,38,39)/t25-/m0/s1. The molecule has 0 amide bonds. The maximum Gasteiger partial charge on any atom is 0.303 e. The maximum absolute atomic E-state index is 13.9. The number of aliphatic hydroxyl groups excluding tert-OH is 1. The highest BCUT2D eigenvalue weighted by molar-refractivity contribution is 5.85. The second kappa shape index (κ2) is 12.8. The summed E-state index contributed by atoms with van der Waals surface area (Å²) in [5, 5.41) is 24.5. The van der Waals surface area contributed by atoms with Crippen LogP contribution in [0.5, 0.6) is 5.75 Å². The molecule has 11 heteroatoms. The zero-order valence-corrected chi connectivity index (χ0v) is 22.4. The van der Waals surface area contributed by atoms with Crippen molar-refractivity contribution in [2.45, 2.75) is 44.8 Å². The summed E-state index contributed by atoms with van der Waals surface area (Å²) in [5.41, 5.74) is 7.34. The number of benzene rings is 2. The highest BCUT2D eigenvalue weighted by Gasteiger charge is 2.37. The molecule has 40 heavy (non-hydrogen) atoms. The smallest absolute Gasteiger partial charge is 0.303 e. The number of carboxylic acid groups (broad SMARTS) is 1. The number of halogens is 3. The summed E-state index contributed by atoms with van der Waals surface area (Å²) in [5.74, 6) is -3.50. The largest absolute Gasteiger partial charge is 0.497 e. The molecule has 8 nitrogen and oxygen atoms in total. The summed E-state index contributed by atoms with van der Waals surface area (Å²) in [6.45, 7) is 2.17. The van der Waals surface area contributed by atoms with Crippen LogP contribution in [-0.4, -0.2) is 59.4 Å². The number of aliphatic hydroxyl groups is 1. The number of hydrogen-bond acceptors (Lipinski definition) is 7. The summed E-state index contributed by atoms with van der Waals surface area (Å²) < 4.78 is 46.2. The quantitative estimate of drug-likeness (QED) is 0.237. The molecule has 1 fully saturated rings. The Morgan fingerprint density at radius 1 is 1.23 bits per heavy atom. The van der Waals surface area contributed by atoms with E-state index in [-0.39, 0.29) is 25.2 Å². The van der Waals surface area contributed by atoms with Gasteiger partial charge in [-0.2, -0.15) is 0 Å². The lowest BCUT2D eigenvalue weighted by atomic mass is 9.71. The first-order chi connectivity index (χ1) is 19.1. The zero-order valence-electron chi connectivity index (χ0n) is 22.4. The molecule has 1 aromatic heterocycles. The zero-order chi connectivity index (χ0) is 28.9. The highest BCUT2D eigenvalue weighted by atomic mass is 19.2. The number of fused-ring (bicyclic) bond motifs is 1. The van der Waals surface area contributed by atoms with Crippen molar-refractivity contribution in [2.75, 3.05) is 38.6 Å². The van der Waals surface area contributed by atoms with Gasteiger partial charge in [-0.05, 0) is 73.5 Å². The summed E-state index contributed by atoms with van der Waals surface area (Å²) in [6, 6.07) is 6.85. The minimum atomic E-state index is -1.25. The molecule has 0 aliphatic carbocycles. The Hall–Kier alpha value is -3.41. The molecule has 2 aromatic carbocycles. The number of nitrogens with zero attached hydrogens (tertiary/aromatic N) is 2. The van der Waals surface area contributed by atoms with Crippen LogP contribution in [0.4, 0.5) is 18.9 Å². The Morgan fingerprint density at radius 2 is 1.98 bits per heavy atom. The molecule has 216 valence electrons. The maximum atomic E-state index is 13.9. The molecule has 1 atom stereocenters. The lowest BCUT2D eigenvalue weighted by molar-refractivity contribution is -0.141. The van der Waals surface area contributed by atoms with Crippen molar-refractivity contribution in [3.8, 4) is 5.75 Å². The van der Waals surface area contributed by atoms with Crippen LogP contribution in [0.25, 0.3) is 10.9 Å². The molecule has 0 radical (unpaired) electrons. The molecule has 4 rings (SSSR count). The fourth-order valence-corrected chi connectivity index (χ4v) is 5.62. The number of piperidine rings is 1. The van der Waals surface area contributed by atoms with E-state index in [1.807, 2.05) is 12.1 Å². The average molecular weight is 561 g/mol. The molecule has 3 aromatic rings. The van der Waals surface area contributed by atoms with Crippen molar-refractivity contribution in [3.05, 3.63) is 65.1 Å². The van der Waals surface area contributed by atoms with Gasteiger partial charge in [-0.15, -0.1) is 0 Å². The third kappa shape index (κ3) is 6.83. The number of ether oxygens (including phenoxy) is 1. The topological polar surface area (TPSA) is 121 Å². The molecule has 0 unspecified atom stereocenters. The van der Waals surface area contributed by atoms with E-state index in [1.54, 1.807) is 19.4 Å². The van der Waals surface area contributed by atoms with Crippen LogP contribution in [0, 0.1) is 22.9 Å². The molecule has 0 bridgehead atoms. The van der Waals surface area contributed by atoms with E-state index in [4.69, 9.17) is 10.5 Å². The van der Waals surface area contributed by atoms with Crippen molar-refractivity contribution in [3.63, 3.8) is 0 Å². The summed E-state index contributed by atoms with van der Waals surface area (Å²) in [7, 11) is 1.56. The number of likely N-dealkylation sites (tertiary alicyclic amines) is 1. The van der Waals surface area contributed by atoms with Gasteiger partial charge < -0.3 is 30.9 Å². The lowest BCUT2D eigenvalue weighted by Crippen LogP contribution is -2.43. The van der Waals surface area contributed by atoms with Crippen LogP contribution in [0.1, 0.15) is 49.3 Å². The second-order valence-electron chi connectivity index (χ2n) is 10.4. The van der Waals surface area contributed by atoms with Gasteiger partial charge in [-0.25, -0.2) is 13.2 Å². The van der Waals surface area contributed by atoms with E-state index in [2.05, 4.69) is 15.2 Å². The Bertz CT molecular complexity index is 1340. The predicted molar refractivity (Wildman–Crippen MR) is 146 cm³/mol. The number of pyridine rings is 1. The van der Waals surface area contributed by atoms with Gasteiger partial charge in [0.2, 0.25) is 0 Å². The average Bonchev–Trinajstić information content (AvgIpc) is 2.94. The fourth-order valence-electron chi connectivity index (χ4n) is 5.62. The van der Waals surface area contributed by atoms with Crippen molar-refractivity contribution in [1.82, 2.24) is 9.88 Å². The molecule has 0 spiro atoms. The van der Waals surface area contributed by atoms with Gasteiger partial charge in [0, 0.05) is 43.4 Å². The van der Waals surface area contributed by atoms with E-state index >= 15 is 0 Å².